The minimum absolute atomic E-state index is 0.0864. The molecule has 12 heteroatoms. The van der Waals surface area contributed by atoms with Gasteiger partial charge in [-0.2, -0.15) is 0 Å². The van der Waals surface area contributed by atoms with E-state index < -0.39 is 23.1 Å². The predicted molar refractivity (Wildman–Crippen MR) is 124 cm³/mol. The zero-order chi connectivity index (χ0) is 24.2. The Morgan fingerprint density at radius 3 is 2.52 bits per heavy atom. The van der Waals surface area contributed by atoms with E-state index in [1.165, 1.54) is 19.5 Å². The second kappa shape index (κ2) is 9.96. The van der Waals surface area contributed by atoms with Crippen molar-refractivity contribution in [3.8, 4) is 22.3 Å². The summed E-state index contributed by atoms with van der Waals surface area (Å²) in [4.78, 5) is 20.7. The molecule has 1 atom stereocenters. The van der Waals surface area contributed by atoms with Crippen molar-refractivity contribution in [2.24, 2.45) is 0 Å². The largest absolute Gasteiger partial charge is 0.480 e. The van der Waals surface area contributed by atoms with E-state index in [2.05, 4.69) is 41.4 Å². The van der Waals surface area contributed by atoms with E-state index in [9.17, 15) is 9.18 Å². The summed E-state index contributed by atoms with van der Waals surface area (Å²) in [7, 11) is 1.47. The summed E-state index contributed by atoms with van der Waals surface area (Å²) < 4.78 is 31.1. The number of carbonyl (C=O) groups is 1. The molecule has 0 unspecified atom stereocenters. The molecule has 2 aromatic heterocycles. The number of hydrogen-bond donors (Lipinski definition) is 1. The minimum Gasteiger partial charge on any atom is -0.480 e. The average Bonchev–Trinajstić information content (AvgIpc) is 3.23. The first-order valence-electron chi connectivity index (χ1n) is 9.80. The van der Waals surface area contributed by atoms with Gasteiger partial charge in [-0.15, -0.1) is 10.2 Å². The first-order chi connectivity index (χ1) is 15.5. The molecule has 0 aliphatic carbocycles. The van der Waals surface area contributed by atoms with Crippen LogP contribution in [0.5, 0.6) is 11.8 Å². The molecule has 9 nitrogen and oxygen atoms in total. The summed E-state index contributed by atoms with van der Waals surface area (Å²) in [5.74, 6) is 0.0766. The number of nitrogens with zero attached hydrogens (tertiary/aromatic N) is 4. The number of benzene rings is 1. The molecule has 3 aromatic rings. The molecule has 0 radical (unpaired) electrons. The van der Waals surface area contributed by atoms with Crippen LogP contribution >= 0.6 is 27.3 Å². The van der Waals surface area contributed by atoms with E-state index in [4.69, 9.17) is 14.2 Å². The smallest absolute Gasteiger partial charge is 0.408 e. The van der Waals surface area contributed by atoms with Gasteiger partial charge in [0.25, 0.3) is 0 Å². The van der Waals surface area contributed by atoms with Crippen molar-refractivity contribution in [1.82, 2.24) is 25.5 Å². The van der Waals surface area contributed by atoms with E-state index in [0.29, 0.717) is 25.9 Å². The van der Waals surface area contributed by atoms with Gasteiger partial charge >= 0.3 is 6.09 Å². The second-order valence-corrected chi connectivity index (χ2v) is 9.91. The number of hydrogen-bond acceptors (Lipinski definition) is 9. The highest BCUT2D eigenvalue weighted by Crippen LogP contribution is 2.34. The van der Waals surface area contributed by atoms with Crippen molar-refractivity contribution in [3.05, 3.63) is 45.9 Å². The molecule has 0 saturated carbocycles. The van der Waals surface area contributed by atoms with Gasteiger partial charge in [0.1, 0.15) is 39.4 Å². The number of nitrogens with one attached hydrogen (secondary N) is 1. The van der Waals surface area contributed by atoms with Crippen molar-refractivity contribution in [3.63, 3.8) is 0 Å². The fourth-order valence-corrected chi connectivity index (χ4v) is 4.10. The molecule has 0 aliphatic heterocycles. The molecule has 33 heavy (non-hydrogen) atoms. The highest BCUT2D eigenvalue weighted by Gasteiger charge is 2.36. The zero-order valence-electron chi connectivity index (χ0n) is 18.7. The SMILES string of the molecule is COc1ncnc(OC[C@](C)(NC(=O)OC(C)(C)C)c2nnc(-c3ccccc3F)s2)c1Br. The minimum atomic E-state index is -1.18. The Hall–Kier alpha value is -2.86. The Morgan fingerprint density at radius 1 is 1.15 bits per heavy atom. The lowest BCUT2D eigenvalue weighted by Gasteiger charge is -2.29. The fourth-order valence-electron chi connectivity index (χ4n) is 2.66. The molecule has 176 valence electrons. The lowest BCUT2D eigenvalue weighted by molar-refractivity contribution is 0.0420. The van der Waals surface area contributed by atoms with Gasteiger partial charge in [-0.05, 0) is 55.8 Å². The normalized spacial score (nSPS) is 13.2. The molecule has 0 bridgehead atoms. The van der Waals surface area contributed by atoms with Crippen LogP contribution in [0.4, 0.5) is 9.18 Å². The number of alkyl carbamates (subject to hydrolysis) is 1. The molecule has 3 rings (SSSR count). The Balaban J connectivity index is 1.92. The van der Waals surface area contributed by atoms with Crippen LogP contribution in [0.15, 0.2) is 35.1 Å². The van der Waals surface area contributed by atoms with Crippen LogP contribution in [-0.4, -0.2) is 45.6 Å². The van der Waals surface area contributed by atoms with Gasteiger partial charge in [-0.1, -0.05) is 23.5 Å². The molecule has 1 N–H and O–H groups in total. The average molecular weight is 540 g/mol. The van der Waals surface area contributed by atoms with Crippen LogP contribution in [0.3, 0.4) is 0 Å². The summed E-state index contributed by atoms with van der Waals surface area (Å²) in [5.41, 5.74) is -1.58. The molecule has 0 fully saturated rings. The predicted octanol–water partition coefficient (Wildman–Crippen LogP) is 4.72. The van der Waals surface area contributed by atoms with E-state index in [0.717, 1.165) is 11.3 Å². The number of amides is 1. The lowest BCUT2D eigenvalue weighted by Crippen LogP contribution is -2.49. The summed E-state index contributed by atoms with van der Waals surface area (Å²) >= 11 is 4.48. The third-order valence-electron chi connectivity index (χ3n) is 4.19. The molecule has 1 aromatic carbocycles. The number of rotatable bonds is 7. The van der Waals surface area contributed by atoms with Crippen LogP contribution in [0.1, 0.15) is 32.7 Å². The van der Waals surface area contributed by atoms with E-state index in [-0.39, 0.29) is 12.5 Å². The van der Waals surface area contributed by atoms with Gasteiger partial charge in [0.05, 0.1) is 7.11 Å². The zero-order valence-corrected chi connectivity index (χ0v) is 21.1. The number of methoxy groups -OCH3 is 1. The van der Waals surface area contributed by atoms with Crippen molar-refractivity contribution in [1.29, 1.82) is 0 Å². The van der Waals surface area contributed by atoms with Gasteiger partial charge in [-0.3, -0.25) is 0 Å². The number of halogens is 2. The number of carbonyl (C=O) groups excluding carboxylic acids is 1. The Labute approximate surface area is 202 Å². The topological polar surface area (TPSA) is 108 Å². The lowest BCUT2D eigenvalue weighted by atomic mass is 10.1. The van der Waals surface area contributed by atoms with E-state index in [1.807, 2.05) is 0 Å². The maximum atomic E-state index is 14.3. The summed E-state index contributed by atoms with van der Waals surface area (Å²) in [6.07, 6.45) is 0.620. The van der Waals surface area contributed by atoms with Crippen molar-refractivity contribution in [2.75, 3.05) is 13.7 Å². The monoisotopic (exact) mass is 539 g/mol. The highest BCUT2D eigenvalue weighted by atomic mass is 79.9. The van der Waals surface area contributed by atoms with E-state index >= 15 is 0 Å². The first-order valence-corrected chi connectivity index (χ1v) is 11.4. The van der Waals surface area contributed by atoms with Crippen molar-refractivity contribution < 1.29 is 23.4 Å². The fraction of sp³-hybridized carbons (Fsp3) is 0.381. The maximum absolute atomic E-state index is 14.3. The van der Waals surface area contributed by atoms with Crippen LogP contribution in [0.2, 0.25) is 0 Å². The Bertz CT molecular complexity index is 1140. The van der Waals surface area contributed by atoms with Gasteiger partial charge in [0.15, 0.2) is 5.01 Å². The number of ether oxygens (including phenoxy) is 3. The molecule has 1 amide bonds. The third kappa shape index (κ3) is 6.14. The van der Waals surface area contributed by atoms with Gasteiger partial charge in [0.2, 0.25) is 11.8 Å². The molecular weight excluding hydrogens is 517 g/mol. The summed E-state index contributed by atoms with van der Waals surface area (Å²) in [5, 5.41) is 11.9. The third-order valence-corrected chi connectivity index (χ3v) is 6.09. The van der Waals surface area contributed by atoms with Gasteiger partial charge in [0, 0.05) is 5.56 Å². The van der Waals surface area contributed by atoms with E-state index in [1.54, 1.807) is 45.9 Å². The quantitative estimate of drug-likeness (QED) is 0.459. The van der Waals surface area contributed by atoms with Crippen molar-refractivity contribution >= 4 is 33.4 Å². The molecular formula is C21H23BrFN5O4S. The van der Waals surface area contributed by atoms with Gasteiger partial charge < -0.3 is 19.5 Å². The van der Waals surface area contributed by atoms with Crippen molar-refractivity contribution in [2.45, 2.75) is 38.8 Å². The molecule has 0 saturated heterocycles. The Morgan fingerprint density at radius 2 is 1.85 bits per heavy atom. The van der Waals surface area contributed by atoms with Gasteiger partial charge in [-0.25, -0.2) is 19.2 Å². The standard InChI is InChI=1S/C21H23BrFN5O4S/c1-20(2,3)32-19(29)26-21(4,10-31-16-14(22)15(30-5)24-11-25-16)18-28-27-17(33-18)12-8-6-7-9-13(12)23/h6-9,11H,10H2,1-5H3,(H,26,29)/t21-/m0/s1. The summed E-state index contributed by atoms with van der Waals surface area (Å²) in [6.45, 7) is 6.88. The van der Waals surface area contributed by atoms with Crippen LogP contribution in [0.25, 0.3) is 10.6 Å². The molecule has 0 aliphatic rings. The highest BCUT2D eigenvalue weighted by molar-refractivity contribution is 9.10. The maximum Gasteiger partial charge on any atom is 0.408 e. The van der Waals surface area contributed by atoms with Crippen LogP contribution in [-0.2, 0) is 10.3 Å². The molecule has 0 spiro atoms. The first kappa shape index (κ1) is 24.8. The summed E-state index contributed by atoms with van der Waals surface area (Å²) in [6, 6.07) is 6.26. The second-order valence-electron chi connectivity index (χ2n) is 8.14. The molecule has 2 heterocycles. The number of aromatic nitrogens is 4. The van der Waals surface area contributed by atoms with Crippen LogP contribution < -0.4 is 14.8 Å². The Kier molecular flexibility index (Phi) is 7.48. The van der Waals surface area contributed by atoms with Crippen LogP contribution in [0, 0.1) is 5.82 Å².